The number of carbonyl (C=O) groups is 1. The van der Waals surface area contributed by atoms with Gasteiger partial charge in [-0.1, -0.05) is 42.2 Å². The first kappa shape index (κ1) is 17.5. The summed E-state index contributed by atoms with van der Waals surface area (Å²) in [7, 11) is 3.19. The summed E-state index contributed by atoms with van der Waals surface area (Å²) in [5.41, 5.74) is 2.62. The second-order valence-electron chi connectivity index (χ2n) is 5.41. The van der Waals surface area contributed by atoms with Crippen LogP contribution >= 0.6 is 24.0 Å². The van der Waals surface area contributed by atoms with E-state index in [0.717, 1.165) is 16.8 Å². The fraction of sp³-hybridized carbons (Fsp3) is 0.158. The molecule has 0 aromatic heterocycles. The lowest BCUT2D eigenvalue weighted by Gasteiger charge is -2.16. The Bertz CT molecular complexity index is 877. The van der Waals surface area contributed by atoms with Crippen LogP contribution in [0.1, 0.15) is 11.1 Å². The van der Waals surface area contributed by atoms with E-state index in [1.165, 1.54) is 11.8 Å². The van der Waals surface area contributed by atoms with Crippen molar-refractivity contribution in [2.75, 3.05) is 19.1 Å². The van der Waals surface area contributed by atoms with Crippen LogP contribution in [0.5, 0.6) is 11.5 Å². The van der Waals surface area contributed by atoms with E-state index in [9.17, 15) is 4.79 Å². The van der Waals surface area contributed by atoms with Gasteiger partial charge < -0.3 is 9.47 Å². The summed E-state index contributed by atoms with van der Waals surface area (Å²) >= 11 is 6.72. The highest BCUT2D eigenvalue weighted by atomic mass is 32.2. The molecule has 1 amide bonds. The monoisotopic (exact) mass is 371 g/mol. The molecule has 0 radical (unpaired) electrons. The predicted octanol–water partition coefficient (Wildman–Crippen LogP) is 4.42. The van der Waals surface area contributed by atoms with Crippen LogP contribution in [-0.4, -0.2) is 24.4 Å². The smallest absolute Gasteiger partial charge is 0.270 e. The maximum Gasteiger partial charge on any atom is 0.270 e. The van der Waals surface area contributed by atoms with Crippen molar-refractivity contribution in [3.8, 4) is 11.5 Å². The predicted molar refractivity (Wildman–Crippen MR) is 106 cm³/mol. The molecule has 128 valence electrons. The van der Waals surface area contributed by atoms with Crippen molar-refractivity contribution in [3.63, 3.8) is 0 Å². The van der Waals surface area contributed by atoms with E-state index >= 15 is 0 Å². The summed E-state index contributed by atoms with van der Waals surface area (Å²) in [6.45, 7) is 1.96. The van der Waals surface area contributed by atoms with Crippen molar-refractivity contribution >= 4 is 46.0 Å². The summed E-state index contributed by atoms with van der Waals surface area (Å²) < 4.78 is 11.1. The fourth-order valence-corrected chi connectivity index (χ4v) is 3.84. The Morgan fingerprint density at radius 2 is 1.88 bits per heavy atom. The van der Waals surface area contributed by atoms with Crippen LogP contribution in [0, 0.1) is 6.92 Å². The number of thioether (sulfide) groups is 1. The maximum absolute atomic E-state index is 12.9. The van der Waals surface area contributed by atoms with E-state index in [1.54, 1.807) is 31.3 Å². The lowest BCUT2D eigenvalue weighted by Crippen LogP contribution is -2.28. The number of para-hydroxylation sites is 1. The van der Waals surface area contributed by atoms with Gasteiger partial charge in [0.05, 0.1) is 24.8 Å². The van der Waals surface area contributed by atoms with Crippen LogP contribution in [0.2, 0.25) is 0 Å². The SMILES string of the molecule is COc1ccc(/C=C2\SC(=S)N(c3ccccc3C)C2=O)c(OC)c1. The Morgan fingerprint density at radius 1 is 1.12 bits per heavy atom. The minimum absolute atomic E-state index is 0.123. The van der Waals surface area contributed by atoms with Gasteiger partial charge >= 0.3 is 0 Å². The van der Waals surface area contributed by atoms with Gasteiger partial charge in [-0.2, -0.15) is 0 Å². The highest BCUT2D eigenvalue weighted by molar-refractivity contribution is 8.27. The van der Waals surface area contributed by atoms with Gasteiger partial charge in [0, 0.05) is 11.6 Å². The van der Waals surface area contributed by atoms with Gasteiger partial charge in [0.2, 0.25) is 0 Å². The second-order valence-corrected chi connectivity index (χ2v) is 7.09. The van der Waals surface area contributed by atoms with E-state index in [1.807, 2.05) is 43.3 Å². The number of hydrogen-bond acceptors (Lipinski definition) is 5. The first-order chi connectivity index (χ1) is 12.0. The molecule has 6 heteroatoms. The van der Waals surface area contributed by atoms with E-state index < -0.39 is 0 Å². The molecular weight excluding hydrogens is 354 g/mol. The number of aryl methyl sites for hydroxylation is 1. The number of nitrogens with zero attached hydrogens (tertiary/aromatic N) is 1. The number of ether oxygens (including phenoxy) is 2. The highest BCUT2D eigenvalue weighted by Crippen LogP contribution is 2.38. The van der Waals surface area contributed by atoms with Crippen LogP contribution in [0.15, 0.2) is 47.4 Å². The summed E-state index contributed by atoms with van der Waals surface area (Å²) in [5, 5.41) is 0. The quantitative estimate of drug-likeness (QED) is 0.588. The van der Waals surface area contributed by atoms with E-state index in [0.29, 0.717) is 20.7 Å². The third kappa shape index (κ3) is 3.41. The number of benzene rings is 2. The zero-order chi connectivity index (χ0) is 18.0. The summed E-state index contributed by atoms with van der Waals surface area (Å²) in [6.07, 6.45) is 1.80. The average molecular weight is 371 g/mol. The number of thiocarbonyl (C=S) groups is 1. The van der Waals surface area contributed by atoms with Gasteiger partial charge in [0.15, 0.2) is 4.32 Å². The third-order valence-electron chi connectivity index (χ3n) is 3.88. The van der Waals surface area contributed by atoms with Gasteiger partial charge in [0.1, 0.15) is 11.5 Å². The number of methoxy groups -OCH3 is 2. The number of rotatable bonds is 4. The molecule has 1 fully saturated rings. The van der Waals surface area contributed by atoms with Gasteiger partial charge in [-0.15, -0.1) is 0 Å². The Kier molecular flexibility index (Phi) is 5.11. The third-order valence-corrected chi connectivity index (χ3v) is 5.18. The molecule has 0 bridgehead atoms. The average Bonchev–Trinajstić information content (AvgIpc) is 2.89. The van der Waals surface area contributed by atoms with Gasteiger partial charge in [-0.05, 0) is 36.8 Å². The summed E-state index contributed by atoms with van der Waals surface area (Å²) in [5.74, 6) is 1.21. The minimum Gasteiger partial charge on any atom is -0.497 e. The van der Waals surface area contributed by atoms with Crippen molar-refractivity contribution in [1.29, 1.82) is 0 Å². The van der Waals surface area contributed by atoms with Crippen molar-refractivity contribution in [2.24, 2.45) is 0 Å². The molecule has 25 heavy (non-hydrogen) atoms. The van der Waals surface area contributed by atoms with E-state index in [2.05, 4.69) is 0 Å². The van der Waals surface area contributed by atoms with Gasteiger partial charge in [0.25, 0.3) is 5.91 Å². The van der Waals surface area contributed by atoms with Crippen LogP contribution in [0.4, 0.5) is 5.69 Å². The number of carbonyl (C=O) groups excluding carboxylic acids is 1. The number of anilines is 1. The molecule has 0 unspecified atom stereocenters. The molecule has 3 rings (SSSR count). The van der Waals surface area contributed by atoms with Crippen molar-refractivity contribution in [3.05, 3.63) is 58.5 Å². The first-order valence-corrected chi connectivity index (χ1v) is 8.83. The van der Waals surface area contributed by atoms with Crippen molar-refractivity contribution in [2.45, 2.75) is 6.92 Å². The van der Waals surface area contributed by atoms with Crippen molar-refractivity contribution in [1.82, 2.24) is 0 Å². The van der Waals surface area contributed by atoms with Crippen molar-refractivity contribution < 1.29 is 14.3 Å². The molecule has 2 aromatic carbocycles. The van der Waals surface area contributed by atoms with Crippen LogP contribution in [0.25, 0.3) is 6.08 Å². The van der Waals surface area contributed by atoms with E-state index in [4.69, 9.17) is 21.7 Å². The number of amides is 1. The van der Waals surface area contributed by atoms with Crippen LogP contribution < -0.4 is 14.4 Å². The second kappa shape index (κ2) is 7.29. The topological polar surface area (TPSA) is 38.8 Å². The molecular formula is C19H17NO3S2. The normalized spacial score (nSPS) is 15.8. The van der Waals surface area contributed by atoms with Crippen LogP contribution in [-0.2, 0) is 4.79 Å². The molecule has 0 spiro atoms. The molecule has 0 saturated carbocycles. The Balaban J connectivity index is 1.97. The minimum atomic E-state index is -0.123. The molecule has 2 aromatic rings. The molecule has 0 atom stereocenters. The molecule has 1 saturated heterocycles. The molecule has 0 N–H and O–H groups in total. The Labute approximate surface area is 156 Å². The lowest BCUT2D eigenvalue weighted by molar-refractivity contribution is -0.113. The molecule has 1 aliphatic heterocycles. The maximum atomic E-state index is 12.9. The Hall–Kier alpha value is -2.31. The highest BCUT2D eigenvalue weighted by Gasteiger charge is 2.34. The van der Waals surface area contributed by atoms with Crippen LogP contribution in [0.3, 0.4) is 0 Å². The molecule has 1 heterocycles. The Morgan fingerprint density at radius 3 is 2.56 bits per heavy atom. The fourth-order valence-electron chi connectivity index (χ4n) is 2.57. The lowest BCUT2D eigenvalue weighted by atomic mass is 10.1. The zero-order valence-corrected chi connectivity index (χ0v) is 15.7. The van der Waals surface area contributed by atoms with Gasteiger partial charge in [-0.3, -0.25) is 9.69 Å². The molecule has 0 aliphatic carbocycles. The summed E-state index contributed by atoms with van der Waals surface area (Å²) in [4.78, 5) is 15.0. The standard InChI is InChI=1S/C19H17NO3S2/c1-12-6-4-5-7-15(12)20-18(21)17(25-19(20)24)10-13-8-9-14(22-2)11-16(13)23-3/h4-11H,1-3H3/b17-10-. The molecule has 4 nitrogen and oxygen atoms in total. The summed E-state index contributed by atoms with van der Waals surface area (Å²) in [6, 6.07) is 13.2. The van der Waals surface area contributed by atoms with E-state index in [-0.39, 0.29) is 5.91 Å². The number of hydrogen-bond donors (Lipinski definition) is 0. The zero-order valence-electron chi connectivity index (χ0n) is 14.1. The van der Waals surface area contributed by atoms with Gasteiger partial charge in [-0.25, -0.2) is 0 Å². The largest absolute Gasteiger partial charge is 0.497 e. The molecule has 1 aliphatic rings. The first-order valence-electron chi connectivity index (χ1n) is 7.60.